The number of alkyl halides is 3. The van der Waals surface area contributed by atoms with Gasteiger partial charge in [0.1, 0.15) is 5.82 Å². The van der Waals surface area contributed by atoms with Gasteiger partial charge in [0.2, 0.25) is 5.91 Å². The Kier molecular flexibility index (Phi) is 4.28. The van der Waals surface area contributed by atoms with Gasteiger partial charge in [0.15, 0.2) is 0 Å². The SMILES string of the molecule is NCC(Cc1ccc(F)c(C(F)(F)F)c1)C(N)=O. The third kappa shape index (κ3) is 3.43. The van der Waals surface area contributed by atoms with E-state index in [4.69, 9.17) is 11.5 Å². The zero-order valence-electron chi connectivity index (χ0n) is 9.30. The Bertz CT molecular complexity index is 445. The van der Waals surface area contributed by atoms with Crippen LogP contribution in [0.25, 0.3) is 0 Å². The summed E-state index contributed by atoms with van der Waals surface area (Å²) in [5.74, 6) is -2.82. The van der Waals surface area contributed by atoms with Gasteiger partial charge in [-0.15, -0.1) is 0 Å². The summed E-state index contributed by atoms with van der Waals surface area (Å²) >= 11 is 0. The van der Waals surface area contributed by atoms with Crippen LogP contribution < -0.4 is 11.5 Å². The lowest BCUT2D eigenvalue weighted by Crippen LogP contribution is -2.31. The van der Waals surface area contributed by atoms with E-state index in [0.29, 0.717) is 12.1 Å². The van der Waals surface area contributed by atoms with Gasteiger partial charge in [-0.25, -0.2) is 4.39 Å². The molecule has 0 aliphatic carbocycles. The molecule has 1 rings (SSSR count). The summed E-state index contributed by atoms with van der Waals surface area (Å²) in [4.78, 5) is 10.9. The number of primary amides is 1. The van der Waals surface area contributed by atoms with Gasteiger partial charge in [-0.1, -0.05) is 6.07 Å². The molecular weight excluding hydrogens is 252 g/mol. The molecule has 100 valence electrons. The summed E-state index contributed by atoms with van der Waals surface area (Å²) in [6.07, 6.45) is -4.82. The van der Waals surface area contributed by atoms with Crippen LogP contribution in [0.4, 0.5) is 17.6 Å². The van der Waals surface area contributed by atoms with E-state index in [9.17, 15) is 22.4 Å². The molecular formula is C11H12F4N2O. The number of hydrogen-bond donors (Lipinski definition) is 2. The minimum Gasteiger partial charge on any atom is -0.369 e. The van der Waals surface area contributed by atoms with Crippen molar-refractivity contribution in [1.29, 1.82) is 0 Å². The van der Waals surface area contributed by atoms with Crippen molar-refractivity contribution in [3.05, 3.63) is 35.1 Å². The molecule has 0 spiro atoms. The largest absolute Gasteiger partial charge is 0.419 e. The summed E-state index contributed by atoms with van der Waals surface area (Å²) in [6.45, 7) is -0.0753. The van der Waals surface area contributed by atoms with Gasteiger partial charge in [0.05, 0.1) is 11.5 Å². The molecule has 4 N–H and O–H groups in total. The molecule has 1 amide bonds. The first-order chi connectivity index (χ1) is 8.25. The highest BCUT2D eigenvalue weighted by atomic mass is 19.4. The summed E-state index contributed by atoms with van der Waals surface area (Å²) in [5.41, 5.74) is 9.12. The van der Waals surface area contributed by atoms with Gasteiger partial charge in [0.25, 0.3) is 0 Å². The first kappa shape index (κ1) is 14.4. The lowest BCUT2D eigenvalue weighted by atomic mass is 9.97. The quantitative estimate of drug-likeness (QED) is 0.808. The Hall–Kier alpha value is -1.63. The van der Waals surface area contributed by atoms with Crippen molar-refractivity contribution in [1.82, 2.24) is 0 Å². The van der Waals surface area contributed by atoms with Gasteiger partial charge < -0.3 is 11.5 Å². The predicted molar refractivity (Wildman–Crippen MR) is 56.8 cm³/mol. The van der Waals surface area contributed by atoms with E-state index >= 15 is 0 Å². The van der Waals surface area contributed by atoms with Crippen LogP contribution in [0.3, 0.4) is 0 Å². The number of amides is 1. The number of hydrogen-bond acceptors (Lipinski definition) is 2. The van der Waals surface area contributed by atoms with Crippen LogP contribution in [0.1, 0.15) is 11.1 Å². The molecule has 1 aromatic rings. The number of benzene rings is 1. The normalized spacial score (nSPS) is 13.4. The average molecular weight is 264 g/mol. The van der Waals surface area contributed by atoms with Crippen molar-refractivity contribution in [3.63, 3.8) is 0 Å². The van der Waals surface area contributed by atoms with E-state index < -0.39 is 29.4 Å². The Morgan fingerprint density at radius 1 is 1.33 bits per heavy atom. The number of carbonyl (C=O) groups excluding carboxylic acids is 1. The second-order valence-electron chi connectivity index (χ2n) is 3.85. The second kappa shape index (κ2) is 5.34. The van der Waals surface area contributed by atoms with Crippen LogP contribution in [-0.2, 0) is 17.4 Å². The fraction of sp³-hybridized carbons (Fsp3) is 0.364. The lowest BCUT2D eigenvalue weighted by molar-refractivity contribution is -0.140. The van der Waals surface area contributed by atoms with E-state index in [1.54, 1.807) is 0 Å². The molecule has 0 aromatic heterocycles. The fourth-order valence-electron chi connectivity index (χ4n) is 1.50. The van der Waals surface area contributed by atoms with Gasteiger partial charge in [-0.05, 0) is 24.1 Å². The Morgan fingerprint density at radius 3 is 2.39 bits per heavy atom. The topological polar surface area (TPSA) is 69.1 Å². The number of carbonyl (C=O) groups is 1. The standard InChI is InChI=1S/C11H12F4N2O/c12-9-2-1-6(3-7(5-16)10(17)18)4-8(9)11(13,14)15/h1-2,4,7H,3,5,16H2,(H2,17,18). The first-order valence-electron chi connectivity index (χ1n) is 5.10. The van der Waals surface area contributed by atoms with Crippen molar-refractivity contribution in [3.8, 4) is 0 Å². The second-order valence-corrected chi connectivity index (χ2v) is 3.85. The predicted octanol–water partition coefficient (Wildman–Crippen LogP) is 1.45. The highest BCUT2D eigenvalue weighted by molar-refractivity contribution is 5.77. The maximum atomic E-state index is 13.0. The van der Waals surface area contributed by atoms with Gasteiger partial charge in [0, 0.05) is 6.54 Å². The number of nitrogens with two attached hydrogens (primary N) is 2. The molecule has 7 heteroatoms. The smallest absolute Gasteiger partial charge is 0.369 e. The molecule has 0 aliphatic heterocycles. The van der Waals surface area contributed by atoms with Crippen LogP contribution in [0.5, 0.6) is 0 Å². The van der Waals surface area contributed by atoms with Gasteiger partial charge >= 0.3 is 6.18 Å². The highest BCUT2D eigenvalue weighted by Crippen LogP contribution is 2.32. The Balaban J connectivity index is 3.02. The van der Waals surface area contributed by atoms with Crippen LogP contribution >= 0.6 is 0 Å². The minimum atomic E-state index is -4.77. The van der Waals surface area contributed by atoms with Crippen LogP contribution in [0.2, 0.25) is 0 Å². The molecule has 18 heavy (non-hydrogen) atoms. The molecule has 3 nitrogen and oxygen atoms in total. The maximum Gasteiger partial charge on any atom is 0.419 e. The molecule has 1 aromatic carbocycles. The molecule has 0 aliphatic rings. The monoisotopic (exact) mass is 264 g/mol. The van der Waals surface area contributed by atoms with E-state index in [-0.39, 0.29) is 18.5 Å². The van der Waals surface area contributed by atoms with E-state index in [1.807, 2.05) is 0 Å². The third-order valence-corrected chi connectivity index (χ3v) is 2.51. The Morgan fingerprint density at radius 2 is 1.94 bits per heavy atom. The van der Waals surface area contributed by atoms with Crippen molar-refractivity contribution >= 4 is 5.91 Å². The molecule has 0 bridgehead atoms. The van der Waals surface area contributed by atoms with Crippen LogP contribution in [0.15, 0.2) is 18.2 Å². The molecule has 0 fully saturated rings. The molecule has 0 saturated heterocycles. The third-order valence-electron chi connectivity index (χ3n) is 2.51. The summed E-state index contributed by atoms with van der Waals surface area (Å²) in [7, 11) is 0. The van der Waals surface area contributed by atoms with Crippen LogP contribution in [-0.4, -0.2) is 12.5 Å². The Labute approximate surface area is 101 Å². The van der Waals surface area contributed by atoms with Crippen molar-refractivity contribution in [2.24, 2.45) is 17.4 Å². The zero-order valence-corrected chi connectivity index (χ0v) is 9.30. The molecule has 1 unspecified atom stereocenters. The van der Waals surface area contributed by atoms with E-state index in [0.717, 1.165) is 0 Å². The maximum absolute atomic E-state index is 13.0. The highest BCUT2D eigenvalue weighted by Gasteiger charge is 2.34. The first-order valence-corrected chi connectivity index (χ1v) is 5.10. The average Bonchev–Trinajstić information content (AvgIpc) is 2.25. The zero-order chi connectivity index (χ0) is 13.9. The number of rotatable bonds is 4. The number of halogens is 4. The summed E-state index contributed by atoms with van der Waals surface area (Å²) < 4.78 is 50.4. The van der Waals surface area contributed by atoms with Crippen molar-refractivity contribution in [2.45, 2.75) is 12.6 Å². The van der Waals surface area contributed by atoms with Gasteiger partial charge in [-0.2, -0.15) is 13.2 Å². The van der Waals surface area contributed by atoms with Gasteiger partial charge in [-0.3, -0.25) is 4.79 Å². The molecule has 0 saturated carbocycles. The summed E-state index contributed by atoms with van der Waals surface area (Å²) in [5, 5.41) is 0. The molecule has 0 heterocycles. The lowest BCUT2D eigenvalue weighted by Gasteiger charge is -2.13. The summed E-state index contributed by atoms with van der Waals surface area (Å²) in [6, 6.07) is 2.56. The minimum absolute atomic E-state index is 0.0464. The van der Waals surface area contributed by atoms with Crippen LogP contribution in [0, 0.1) is 11.7 Å². The van der Waals surface area contributed by atoms with E-state index in [1.165, 1.54) is 6.07 Å². The molecule has 0 radical (unpaired) electrons. The van der Waals surface area contributed by atoms with Crippen molar-refractivity contribution in [2.75, 3.05) is 6.54 Å². The molecule has 1 atom stereocenters. The van der Waals surface area contributed by atoms with Crippen molar-refractivity contribution < 1.29 is 22.4 Å². The van der Waals surface area contributed by atoms with E-state index in [2.05, 4.69) is 0 Å². The fourth-order valence-corrected chi connectivity index (χ4v) is 1.50.